The van der Waals surface area contributed by atoms with Gasteiger partial charge in [-0.2, -0.15) is 0 Å². The standard InChI is InChI=1S/C20H27ClN4O/c1-14-8-19(24-12-20(2,3)13-24)17(21)9-16(14)18-11-25(23-22-18)10-15-6-4-5-7-26-15/h8-9,11,15H,4-7,10,12-13H2,1-3H3/t15-/m1/s1. The molecule has 0 saturated carbocycles. The van der Waals surface area contributed by atoms with Crippen LogP contribution in [0.3, 0.4) is 0 Å². The van der Waals surface area contributed by atoms with Crippen LogP contribution in [0.2, 0.25) is 5.02 Å². The van der Waals surface area contributed by atoms with E-state index in [-0.39, 0.29) is 6.10 Å². The van der Waals surface area contributed by atoms with E-state index in [0.29, 0.717) is 5.41 Å². The van der Waals surface area contributed by atoms with Gasteiger partial charge < -0.3 is 9.64 Å². The molecule has 0 bridgehead atoms. The Morgan fingerprint density at radius 2 is 2.08 bits per heavy atom. The second kappa shape index (κ2) is 6.86. The smallest absolute Gasteiger partial charge is 0.113 e. The van der Waals surface area contributed by atoms with Gasteiger partial charge >= 0.3 is 0 Å². The van der Waals surface area contributed by atoms with Crippen LogP contribution in [0, 0.1) is 12.3 Å². The molecule has 6 heteroatoms. The van der Waals surface area contributed by atoms with Crippen LogP contribution in [0.25, 0.3) is 11.3 Å². The molecule has 2 saturated heterocycles. The van der Waals surface area contributed by atoms with Gasteiger partial charge in [0.15, 0.2) is 0 Å². The lowest BCUT2D eigenvalue weighted by atomic mass is 9.84. The normalized spacial score (nSPS) is 22.3. The van der Waals surface area contributed by atoms with Crippen LogP contribution in [0.4, 0.5) is 5.69 Å². The zero-order valence-corrected chi connectivity index (χ0v) is 16.6. The summed E-state index contributed by atoms with van der Waals surface area (Å²) in [5, 5.41) is 9.45. The highest BCUT2D eigenvalue weighted by Gasteiger charge is 2.35. The Labute approximate surface area is 160 Å². The summed E-state index contributed by atoms with van der Waals surface area (Å²) in [6.45, 7) is 10.4. The Morgan fingerprint density at radius 3 is 2.77 bits per heavy atom. The van der Waals surface area contributed by atoms with Crippen LogP contribution in [0.1, 0.15) is 38.7 Å². The Hall–Kier alpha value is -1.59. The summed E-state index contributed by atoms with van der Waals surface area (Å²) in [7, 11) is 0. The Kier molecular flexibility index (Phi) is 4.70. The first-order chi connectivity index (χ1) is 12.4. The number of aryl methyl sites for hydroxylation is 1. The second-order valence-corrected chi connectivity index (χ2v) is 8.86. The summed E-state index contributed by atoms with van der Waals surface area (Å²) in [6, 6.07) is 4.21. The van der Waals surface area contributed by atoms with Crippen LogP contribution >= 0.6 is 11.6 Å². The average Bonchev–Trinajstić information content (AvgIpc) is 3.03. The maximum absolute atomic E-state index is 6.60. The molecule has 4 rings (SSSR count). The summed E-state index contributed by atoms with van der Waals surface area (Å²) in [5.41, 5.74) is 4.59. The van der Waals surface area contributed by atoms with E-state index in [1.807, 2.05) is 16.9 Å². The van der Waals surface area contributed by atoms with E-state index in [0.717, 1.165) is 61.1 Å². The molecule has 0 radical (unpaired) electrons. The topological polar surface area (TPSA) is 43.2 Å². The van der Waals surface area contributed by atoms with Crippen molar-refractivity contribution in [2.24, 2.45) is 5.41 Å². The lowest BCUT2D eigenvalue weighted by Gasteiger charge is -2.47. The molecule has 2 aliphatic heterocycles. The fraction of sp³-hybridized carbons (Fsp3) is 0.600. The predicted octanol–water partition coefficient (Wildman–Crippen LogP) is 4.32. The molecule has 140 valence electrons. The molecule has 26 heavy (non-hydrogen) atoms. The zero-order valence-electron chi connectivity index (χ0n) is 15.8. The fourth-order valence-electron chi connectivity index (χ4n) is 4.01. The number of halogens is 1. The molecule has 2 aliphatic rings. The first kappa shape index (κ1) is 17.8. The summed E-state index contributed by atoms with van der Waals surface area (Å²) in [6.07, 6.45) is 5.75. The number of nitrogens with zero attached hydrogens (tertiary/aromatic N) is 4. The van der Waals surface area contributed by atoms with Crippen LogP contribution in [-0.2, 0) is 11.3 Å². The van der Waals surface area contributed by atoms with Crippen molar-refractivity contribution in [3.8, 4) is 11.3 Å². The SMILES string of the molecule is Cc1cc(N2CC(C)(C)C2)c(Cl)cc1-c1cn(C[C@H]2CCCCO2)nn1. The Bertz CT molecular complexity index is 787. The molecule has 3 heterocycles. The first-order valence-electron chi connectivity index (χ1n) is 9.48. The number of benzene rings is 1. The molecule has 2 aromatic rings. The van der Waals surface area contributed by atoms with Crippen LogP contribution in [0.5, 0.6) is 0 Å². The number of ether oxygens (including phenoxy) is 1. The lowest BCUT2D eigenvalue weighted by molar-refractivity contribution is 0.00370. The largest absolute Gasteiger partial charge is 0.376 e. The fourth-order valence-corrected chi connectivity index (χ4v) is 4.30. The van der Waals surface area contributed by atoms with Crippen molar-refractivity contribution in [1.82, 2.24) is 15.0 Å². The van der Waals surface area contributed by atoms with Crippen molar-refractivity contribution < 1.29 is 4.74 Å². The van der Waals surface area contributed by atoms with Crippen LogP contribution in [0.15, 0.2) is 18.3 Å². The summed E-state index contributed by atoms with van der Waals surface area (Å²) < 4.78 is 7.70. The molecular formula is C20H27ClN4O. The van der Waals surface area contributed by atoms with Crippen molar-refractivity contribution >= 4 is 17.3 Å². The zero-order chi connectivity index (χ0) is 18.3. The van der Waals surface area contributed by atoms with Crippen molar-refractivity contribution in [3.05, 3.63) is 28.9 Å². The van der Waals surface area contributed by atoms with E-state index >= 15 is 0 Å². The summed E-state index contributed by atoms with van der Waals surface area (Å²) in [4.78, 5) is 2.34. The first-order valence-corrected chi connectivity index (χ1v) is 9.86. The third kappa shape index (κ3) is 3.60. The minimum Gasteiger partial charge on any atom is -0.376 e. The minimum absolute atomic E-state index is 0.250. The number of hydrogen-bond donors (Lipinski definition) is 0. The molecule has 2 fully saturated rings. The number of anilines is 1. The Morgan fingerprint density at radius 1 is 1.27 bits per heavy atom. The van der Waals surface area contributed by atoms with E-state index in [2.05, 4.69) is 42.0 Å². The number of rotatable bonds is 4. The van der Waals surface area contributed by atoms with Crippen molar-refractivity contribution in [3.63, 3.8) is 0 Å². The van der Waals surface area contributed by atoms with Gasteiger partial charge in [0.05, 0.1) is 29.6 Å². The van der Waals surface area contributed by atoms with Gasteiger partial charge in [-0.25, -0.2) is 4.68 Å². The van der Waals surface area contributed by atoms with Crippen LogP contribution < -0.4 is 4.90 Å². The van der Waals surface area contributed by atoms with Crippen molar-refractivity contribution in [2.45, 2.75) is 52.7 Å². The maximum atomic E-state index is 6.60. The van der Waals surface area contributed by atoms with Gasteiger partial charge in [0.25, 0.3) is 0 Å². The third-order valence-corrected chi connectivity index (χ3v) is 5.65. The van der Waals surface area contributed by atoms with E-state index in [1.54, 1.807) is 0 Å². The van der Waals surface area contributed by atoms with Gasteiger partial charge in [-0.3, -0.25) is 0 Å². The molecular weight excluding hydrogens is 348 g/mol. The number of hydrogen-bond acceptors (Lipinski definition) is 4. The summed E-state index contributed by atoms with van der Waals surface area (Å²) >= 11 is 6.60. The Balaban J connectivity index is 1.52. The predicted molar refractivity (Wildman–Crippen MR) is 105 cm³/mol. The third-order valence-electron chi connectivity index (χ3n) is 5.35. The molecule has 0 unspecified atom stereocenters. The number of aromatic nitrogens is 3. The molecule has 0 N–H and O–H groups in total. The molecule has 1 aromatic heterocycles. The van der Waals surface area contributed by atoms with Gasteiger partial charge in [0.2, 0.25) is 0 Å². The molecule has 0 aliphatic carbocycles. The molecule has 5 nitrogen and oxygen atoms in total. The molecule has 0 amide bonds. The van der Waals surface area contributed by atoms with Gasteiger partial charge in [0.1, 0.15) is 5.69 Å². The molecule has 1 aromatic carbocycles. The highest BCUT2D eigenvalue weighted by atomic mass is 35.5. The van der Waals surface area contributed by atoms with Crippen molar-refractivity contribution in [1.29, 1.82) is 0 Å². The van der Waals surface area contributed by atoms with Gasteiger partial charge in [-0.05, 0) is 49.3 Å². The van der Waals surface area contributed by atoms with E-state index < -0.39 is 0 Å². The van der Waals surface area contributed by atoms with Crippen LogP contribution in [-0.4, -0.2) is 40.8 Å². The maximum Gasteiger partial charge on any atom is 0.113 e. The average molecular weight is 375 g/mol. The highest BCUT2D eigenvalue weighted by molar-refractivity contribution is 6.33. The second-order valence-electron chi connectivity index (χ2n) is 8.45. The van der Waals surface area contributed by atoms with E-state index in [9.17, 15) is 0 Å². The van der Waals surface area contributed by atoms with E-state index in [1.165, 1.54) is 12.0 Å². The highest BCUT2D eigenvalue weighted by Crippen LogP contribution is 2.40. The molecule has 0 spiro atoms. The van der Waals surface area contributed by atoms with Gasteiger partial charge in [-0.15, -0.1) is 5.10 Å². The quantitative estimate of drug-likeness (QED) is 0.799. The molecule has 1 atom stereocenters. The van der Waals surface area contributed by atoms with Crippen molar-refractivity contribution in [2.75, 3.05) is 24.6 Å². The summed E-state index contributed by atoms with van der Waals surface area (Å²) in [5.74, 6) is 0. The monoisotopic (exact) mass is 374 g/mol. The van der Waals surface area contributed by atoms with Gasteiger partial charge in [0, 0.05) is 25.3 Å². The van der Waals surface area contributed by atoms with Gasteiger partial charge in [-0.1, -0.05) is 30.7 Å². The minimum atomic E-state index is 0.250. The van der Waals surface area contributed by atoms with E-state index in [4.69, 9.17) is 16.3 Å². The lowest BCUT2D eigenvalue weighted by Crippen LogP contribution is -2.53.